The van der Waals surface area contributed by atoms with Gasteiger partial charge in [-0.15, -0.1) is 11.6 Å². The van der Waals surface area contributed by atoms with Gasteiger partial charge in [-0.25, -0.2) is 9.36 Å². The number of esters is 1. The van der Waals surface area contributed by atoms with Crippen LogP contribution < -0.4 is 20.9 Å². The molecule has 0 spiro atoms. The molecule has 1 aromatic heterocycles. The maximum Gasteiger partial charge on any atom is 0.459 e. The summed E-state index contributed by atoms with van der Waals surface area (Å²) < 4.78 is 36.1. The van der Waals surface area contributed by atoms with Gasteiger partial charge in [0.05, 0.1) is 13.2 Å². The summed E-state index contributed by atoms with van der Waals surface area (Å²) in [7, 11) is -4.18. The average Bonchev–Trinajstić information content (AvgIpc) is 3.07. The number of H-pyrrole nitrogens is 1. The molecule has 1 aliphatic rings. The van der Waals surface area contributed by atoms with Crippen molar-refractivity contribution in [3.8, 4) is 5.75 Å². The van der Waals surface area contributed by atoms with E-state index in [1.807, 2.05) is 0 Å². The lowest BCUT2D eigenvalue weighted by Crippen LogP contribution is -2.37. The van der Waals surface area contributed by atoms with Crippen LogP contribution in [-0.2, 0) is 23.4 Å². The molecule has 186 valence electrons. The van der Waals surface area contributed by atoms with E-state index in [1.165, 1.54) is 13.1 Å². The molecule has 1 fully saturated rings. The number of aromatic amines is 1. The number of hydrogen-bond acceptors (Lipinski definition) is 9. The highest BCUT2D eigenvalue weighted by Gasteiger charge is 2.45. The Morgan fingerprint density at radius 2 is 2.03 bits per heavy atom. The van der Waals surface area contributed by atoms with Crippen LogP contribution in [-0.4, -0.2) is 57.5 Å². The number of carbonyl (C=O) groups excluding carboxylic acids is 1. The van der Waals surface area contributed by atoms with Gasteiger partial charge in [0.25, 0.3) is 5.56 Å². The standard InChI is InChI=1S/C20H25ClN3O9P/c1-3-30-19(27)12(2)23-34(29,33-13-7-5-4-6-8-13)31-11-14-17(26)16(21)18(32-14)24-10-9-15(25)22-20(24)28/h4-10,12,14,16-18,26H,3,11H2,1-2H3,(H,23,29)(H,22,25,28)/t12-,14+,16-,17+,18+,34?/m0/s1. The fraction of sp³-hybridized carbons (Fsp3) is 0.450. The SMILES string of the molecule is CCOC(=O)[C@H](C)NP(=O)(OC[C@H]1O[C@@H](n2ccc(=O)[nH]c2=O)[C@@H](Cl)[C@@H]1O)Oc1ccccc1. The summed E-state index contributed by atoms with van der Waals surface area (Å²) in [5.41, 5.74) is -1.38. The number of aliphatic hydroxyl groups is 1. The van der Waals surface area contributed by atoms with Gasteiger partial charge in [-0.05, 0) is 26.0 Å². The third-order valence-electron chi connectivity index (χ3n) is 4.79. The van der Waals surface area contributed by atoms with E-state index in [2.05, 4.69) is 10.1 Å². The van der Waals surface area contributed by atoms with Crippen molar-refractivity contribution in [2.24, 2.45) is 0 Å². The van der Waals surface area contributed by atoms with Gasteiger partial charge in [-0.1, -0.05) is 18.2 Å². The van der Waals surface area contributed by atoms with Crippen LogP contribution in [0.2, 0.25) is 0 Å². The van der Waals surface area contributed by atoms with E-state index in [-0.39, 0.29) is 12.4 Å². The number of para-hydroxylation sites is 1. The number of hydrogen-bond donors (Lipinski definition) is 3. The number of ether oxygens (including phenoxy) is 2. The second kappa shape index (κ2) is 11.3. The molecule has 1 aromatic carbocycles. The van der Waals surface area contributed by atoms with Crippen molar-refractivity contribution in [2.75, 3.05) is 13.2 Å². The quantitative estimate of drug-likeness (QED) is 0.237. The van der Waals surface area contributed by atoms with Crippen LogP contribution >= 0.6 is 19.3 Å². The first kappa shape index (κ1) is 26.1. The molecule has 0 saturated carbocycles. The second-order valence-electron chi connectivity index (χ2n) is 7.32. The second-order valence-corrected chi connectivity index (χ2v) is 9.52. The molecule has 3 N–H and O–H groups in total. The molecule has 3 rings (SSSR count). The number of halogens is 1. The van der Waals surface area contributed by atoms with E-state index < -0.39 is 61.4 Å². The Labute approximate surface area is 199 Å². The third kappa shape index (κ3) is 6.35. The third-order valence-corrected chi connectivity index (χ3v) is 6.91. The Morgan fingerprint density at radius 1 is 1.32 bits per heavy atom. The van der Waals surface area contributed by atoms with Gasteiger partial charge in [0, 0.05) is 12.3 Å². The van der Waals surface area contributed by atoms with Crippen molar-refractivity contribution in [3.05, 3.63) is 63.4 Å². The molecule has 0 aliphatic carbocycles. The highest BCUT2D eigenvalue weighted by Crippen LogP contribution is 2.46. The summed E-state index contributed by atoms with van der Waals surface area (Å²) >= 11 is 6.25. The zero-order chi connectivity index (χ0) is 24.9. The van der Waals surface area contributed by atoms with E-state index in [0.717, 1.165) is 10.6 Å². The normalized spacial score (nSPS) is 24.8. The minimum atomic E-state index is -4.18. The van der Waals surface area contributed by atoms with E-state index in [1.54, 1.807) is 37.3 Å². The number of aromatic nitrogens is 2. The van der Waals surface area contributed by atoms with Gasteiger partial charge in [0.2, 0.25) is 0 Å². The van der Waals surface area contributed by atoms with Crippen molar-refractivity contribution < 1.29 is 33.0 Å². The molecule has 34 heavy (non-hydrogen) atoms. The van der Waals surface area contributed by atoms with Gasteiger partial charge in [0.15, 0.2) is 6.23 Å². The number of carbonyl (C=O) groups is 1. The predicted octanol–water partition coefficient (Wildman–Crippen LogP) is 1.15. The zero-order valence-electron chi connectivity index (χ0n) is 18.3. The summed E-state index contributed by atoms with van der Waals surface area (Å²) in [5, 5.41) is 11.9. The predicted molar refractivity (Wildman–Crippen MR) is 121 cm³/mol. The maximum atomic E-state index is 13.5. The van der Waals surface area contributed by atoms with Crippen LogP contribution in [0, 0.1) is 0 Å². The molecule has 0 amide bonds. The molecule has 0 radical (unpaired) electrons. The van der Waals surface area contributed by atoms with Gasteiger partial charge >= 0.3 is 19.4 Å². The van der Waals surface area contributed by atoms with Crippen molar-refractivity contribution in [3.63, 3.8) is 0 Å². The van der Waals surface area contributed by atoms with Crippen LogP contribution in [0.4, 0.5) is 0 Å². The number of nitrogens with zero attached hydrogens (tertiary/aromatic N) is 1. The van der Waals surface area contributed by atoms with Crippen molar-refractivity contribution in [2.45, 2.75) is 43.7 Å². The van der Waals surface area contributed by atoms with Crippen LogP contribution in [0.1, 0.15) is 20.1 Å². The number of nitrogens with one attached hydrogen (secondary N) is 2. The van der Waals surface area contributed by atoms with E-state index >= 15 is 0 Å². The summed E-state index contributed by atoms with van der Waals surface area (Å²) in [4.78, 5) is 37.5. The Morgan fingerprint density at radius 3 is 2.68 bits per heavy atom. The smallest absolute Gasteiger partial charge is 0.459 e. The minimum Gasteiger partial charge on any atom is -0.465 e. The summed E-state index contributed by atoms with van der Waals surface area (Å²) in [6.45, 7) is 2.72. The molecule has 0 bridgehead atoms. The van der Waals surface area contributed by atoms with Crippen LogP contribution in [0.25, 0.3) is 0 Å². The van der Waals surface area contributed by atoms with Crippen LogP contribution in [0.3, 0.4) is 0 Å². The van der Waals surface area contributed by atoms with E-state index in [9.17, 15) is 24.1 Å². The lowest BCUT2D eigenvalue weighted by molar-refractivity contribution is -0.144. The molecule has 6 atom stereocenters. The van der Waals surface area contributed by atoms with Gasteiger partial charge < -0.3 is 19.1 Å². The number of benzene rings is 1. The molecule has 14 heteroatoms. The van der Waals surface area contributed by atoms with Crippen molar-refractivity contribution in [1.82, 2.24) is 14.6 Å². The summed E-state index contributed by atoms with van der Waals surface area (Å²) in [6, 6.07) is 8.19. The highest BCUT2D eigenvalue weighted by atomic mass is 35.5. The number of rotatable bonds is 10. The Bertz CT molecular complexity index is 1140. The molecule has 1 aliphatic heterocycles. The molecular weight excluding hydrogens is 493 g/mol. The average molecular weight is 518 g/mol. The van der Waals surface area contributed by atoms with E-state index in [4.69, 9.17) is 30.1 Å². The Hall–Kier alpha value is -2.47. The molecular formula is C20H25ClN3O9P. The fourth-order valence-electron chi connectivity index (χ4n) is 3.13. The Balaban J connectivity index is 1.75. The Kier molecular flexibility index (Phi) is 8.69. The first-order chi connectivity index (χ1) is 16.1. The lowest BCUT2D eigenvalue weighted by atomic mass is 10.2. The lowest BCUT2D eigenvalue weighted by Gasteiger charge is -2.24. The van der Waals surface area contributed by atoms with Crippen LogP contribution in [0.5, 0.6) is 5.75 Å². The fourth-order valence-corrected chi connectivity index (χ4v) is 4.98. The van der Waals surface area contributed by atoms with Crippen molar-refractivity contribution >= 4 is 25.3 Å². The summed E-state index contributed by atoms with van der Waals surface area (Å²) in [5.74, 6) is -0.464. The van der Waals surface area contributed by atoms with Crippen molar-refractivity contribution in [1.29, 1.82) is 0 Å². The first-order valence-electron chi connectivity index (χ1n) is 10.4. The van der Waals surface area contributed by atoms with Crippen LogP contribution in [0.15, 0.2) is 52.2 Å². The number of alkyl halides is 1. The van der Waals surface area contributed by atoms with Gasteiger partial charge in [-0.3, -0.25) is 23.7 Å². The molecule has 1 saturated heterocycles. The minimum absolute atomic E-state index is 0.125. The largest absolute Gasteiger partial charge is 0.465 e. The summed E-state index contributed by atoms with van der Waals surface area (Å²) in [6.07, 6.45) is -2.38. The molecule has 2 aromatic rings. The highest BCUT2D eigenvalue weighted by molar-refractivity contribution is 7.52. The van der Waals surface area contributed by atoms with E-state index in [0.29, 0.717) is 0 Å². The molecule has 12 nitrogen and oxygen atoms in total. The zero-order valence-corrected chi connectivity index (χ0v) is 20.0. The number of aliphatic hydroxyl groups excluding tert-OH is 1. The maximum absolute atomic E-state index is 13.5. The van der Waals surface area contributed by atoms with Gasteiger partial charge in [0.1, 0.15) is 29.4 Å². The molecule has 2 heterocycles. The monoisotopic (exact) mass is 517 g/mol. The van der Waals surface area contributed by atoms with Gasteiger partial charge in [-0.2, -0.15) is 5.09 Å². The molecule has 1 unspecified atom stereocenters. The first-order valence-corrected chi connectivity index (χ1v) is 12.3. The topological polar surface area (TPSA) is 158 Å².